The van der Waals surface area contributed by atoms with Crippen molar-refractivity contribution in [3.8, 4) is 0 Å². The number of thioether (sulfide) groups is 1. The molecule has 1 atom stereocenters. The first-order chi connectivity index (χ1) is 7.38. The highest BCUT2D eigenvalue weighted by atomic mass is 32.2. The van der Waals surface area contributed by atoms with E-state index in [1.807, 2.05) is 11.8 Å². The van der Waals surface area contributed by atoms with Crippen LogP contribution in [0.3, 0.4) is 0 Å². The molecule has 1 fully saturated rings. The van der Waals surface area contributed by atoms with Crippen LogP contribution in [0.1, 0.15) is 6.42 Å². The molecule has 0 aromatic carbocycles. The van der Waals surface area contributed by atoms with Crippen LogP contribution in [0, 0.1) is 5.92 Å². The Labute approximate surface area is 93.2 Å². The summed E-state index contributed by atoms with van der Waals surface area (Å²) in [5, 5.41) is 3.28. The Balaban J connectivity index is 1.86. The standard InChI is InChI=1S/C9H15N5S/c10-14-9-5-11-4-8(13-9)12-3-7-1-2-15-6-7/h4-5,7H,1-3,6,10H2,(H2,12,13,14). The minimum Gasteiger partial charge on any atom is -0.368 e. The van der Waals surface area contributed by atoms with E-state index in [9.17, 15) is 0 Å². The van der Waals surface area contributed by atoms with Crippen molar-refractivity contribution < 1.29 is 0 Å². The van der Waals surface area contributed by atoms with Gasteiger partial charge in [-0.05, 0) is 23.8 Å². The molecule has 15 heavy (non-hydrogen) atoms. The minimum atomic E-state index is 0.584. The monoisotopic (exact) mass is 225 g/mol. The van der Waals surface area contributed by atoms with Crippen LogP contribution in [0.15, 0.2) is 12.4 Å². The lowest BCUT2D eigenvalue weighted by Crippen LogP contribution is -2.15. The molecule has 1 aromatic heterocycles. The number of hydrogen-bond acceptors (Lipinski definition) is 6. The Kier molecular flexibility index (Phi) is 3.63. The predicted molar refractivity (Wildman–Crippen MR) is 63.8 cm³/mol. The fourth-order valence-corrected chi connectivity index (χ4v) is 2.80. The number of anilines is 2. The third kappa shape index (κ3) is 2.97. The topological polar surface area (TPSA) is 75.9 Å². The second-order valence-electron chi connectivity index (χ2n) is 3.54. The van der Waals surface area contributed by atoms with Gasteiger partial charge in [0, 0.05) is 6.54 Å². The summed E-state index contributed by atoms with van der Waals surface area (Å²) >= 11 is 2.02. The summed E-state index contributed by atoms with van der Waals surface area (Å²) in [6.45, 7) is 0.968. The molecule has 6 heteroatoms. The van der Waals surface area contributed by atoms with Gasteiger partial charge in [-0.3, -0.25) is 4.98 Å². The number of nitrogens with one attached hydrogen (secondary N) is 2. The summed E-state index contributed by atoms with van der Waals surface area (Å²) in [6, 6.07) is 0. The third-order valence-corrected chi connectivity index (χ3v) is 3.61. The third-order valence-electron chi connectivity index (χ3n) is 2.38. The molecule has 1 aliphatic heterocycles. The van der Waals surface area contributed by atoms with E-state index in [-0.39, 0.29) is 0 Å². The van der Waals surface area contributed by atoms with Crippen LogP contribution in [0.4, 0.5) is 11.6 Å². The fraction of sp³-hybridized carbons (Fsp3) is 0.556. The van der Waals surface area contributed by atoms with Crippen molar-refractivity contribution >= 4 is 23.4 Å². The molecular formula is C9H15N5S. The van der Waals surface area contributed by atoms with E-state index in [0.717, 1.165) is 18.3 Å². The molecule has 0 bridgehead atoms. The molecular weight excluding hydrogens is 210 g/mol. The largest absolute Gasteiger partial charge is 0.368 e. The molecule has 0 aliphatic carbocycles. The molecule has 0 saturated carbocycles. The molecule has 1 aromatic rings. The second-order valence-corrected chi connectivity index (χ2v) is 4.69. The minimum absolute atomic E-state index is 0.584. The van der Waals surface area contributed by atoms with Crippen LogP contribution in [0.25, 0.3) is 0 Å². The highest BCUT2D eigenvalue weighted by molar-refractivity contribution is 7.99. The number of nitrogens with two attached hydrogens (primary N) is 1. The van der Waals surface area contributed by atoms with Crippen LogP contribution in [0.5, 0.6) is 0 Å². The van der Waals surface area contributed by atoms with E-state index in [0.29, 0.717) is 5.82 Å². The van der Waals surface area contributed by atoms with E-state index < -0.39 is 0 Å². The maximum atomic E-state index is 5.25. The van der Waals surface area contributed by atoms with Gasteiger partial charge in [-0.1, -0.05) is 0 Å². The molecule has 2 rings (SSSR count). The molecule has 0 amide bonds. The fourth-order valence-electron chi connectivity index (χ4n) is 1.51. The predicted octanol–water partition coefficient (Wildman–Crippen LogP) is 0.927. The highest BCUT2D eigenvalue weighted by Crippen LogP contribution is 2.23. The van der Waals surface area contributed by atoms with Crippen LogP contribution in [-0.4, -0.2) is 28.0 Å². The van der Waals surface area contributed by atoms with Gasteiger partial charge >= 0.3 is 0 Å². The van der Waals surface area contributed by atoms with E-state index in [2.05, 4.69) is 20.7 Å². The first-order valence-corrected chi connectivity index (χ1v) is 6.14. The zero-order valence-corrected chi connectivity index (χ0v) is 9.26. The van der Waals surface area contributed by atoms with Crippen molar-refractivity contribution in [1.29, 1.82) is 0 Å². The SMILES string of the molecule is NNc1cncc(NCC2CCSC2)n1. The number of hydrazine groups is 1. The van der Waals surface area contributed by atoms with E-state index >= 15 is 0 Å². The molecule has 82 valence electrons. The number of hydrogen-bond donors (Lipinski definition) is 3. The molecule has 2 heterocycles. The molecule has 4 N–H and O–H groups in total. The van der Waals surface area contributed by atoms with Gasteiger partial charge in [0.2, 0.25) is 0 Å². The zero-order chi connectivity index (χ0) is 10.5. The van der Waals surface area contributed by atoms with Crippen molar-refractivity contribution in [2.24, 2.45) is 11.8 Å². The molecule has 0 spiro atoms. The van der Waals surface area contributed by atoms with E-state index in [1.165, 1.54) is 17.9 Å². The lowest BCUT2D eigenvalue weighted by Gasteiger charge is -2.10. The number of nitrogens with zero attached hydrogens (tertiary/aromatic N) is 2. The van der Waals surface area contributed by atoms with E-state index in [1.54, 1.807) is 12.4 Å². The number of aromatic nitrogens is 2. The van der Waals surface area contributed by atoms with Crippen molar-refractivity contribution in [2.75, 3.05) is 28.8 Å². The maximum absolute atomic E-state index is 5.25. The van der Waals surface area contributed by atoms with Crippen LogP contribution in [0.2, 0.25) is 0 Å². The molecule has 0 radical (unpaired) electrons. The summed E-state index contributed by atoms with van der Waals surface area (Å²) in [5.74, 6) is 9.90. The summed E-state index contributed by atoms with van der Waals surface area (Å²) in [4.78, 5) is 8.26. The van der Waals surface area contributed by atoms with Gasteiger partial charge in [0.25, 0.3) is 0 Å². The Bertz CT molecular complexity index is 313. The number of nitrogen functional groups attached to an aromatic ring is 1. The molecule has 5 nitrogen and oxygen atoms in total. The van der Waals surface area contributed by atoms with Crippen LogP contribution >= 0.6 is 11.8 Å². The normalized spacial score (nSPS) is 20.2. The van der Waals surface area contributed by atoms with Crippen molar-refractivity contribution in [2.45, 2.75) is 6.42 Å². The Morgan fingerprint density at radius 1 is 1.47 bits per heavy atom. The smallest absolute Gasteiger partial charge is 0.160 e. The number of rotatable bonds is 4. The average molecular weight is 225 g/mol. The lowest BCUT2D eigenvalue weighted by molar-refractivity contribution is 0.630. The first-order valence-electron chi connectivity index (χ1n) is 4.99. The Morgan fingerprint density at radius 3 is 3.07 bits per heavy atom. The van der Waals surface area contributed by atoms with Gasteiger partial charge in [-0.2, -0.15) is 11.8 Å². The summed E-state index contributed by atoms with van der Waals surface area (Å²) in [5.41, 5.74) is 2.48. The molecule has 1 aliphatic rings. The van der Waals surface area contributed by atoms with E-state index in [4.69, 9.17) is 5.84 Å². The second kappa shape index (κ2) is 5.18. The van der Waals surface area contributed by atoms with Gasteiger partial charge in [0.05, 0.1) is 12.4 Å². The van der Waals surface area contributed by atoms with Gasteiger partial charge < -0.3 is 10.7 Å². The van der Waals surface area contributed by atoms with Gasteiger partial charge in [-0.15, -0.1) is 0 Å². The highest BCUT2D eigenvalue weighted by Gasteiger charge is 2.14. The van der Waals surface area contributed by atoms with Crippen molar-refractivity contribution in [1.82, 2.24) is 9.97 Å². The zero-order valence-electron chi connectivity index (χ0n) is 8.44. The summed E-state index contributed by atoms with van der Waals surface area (Å²) in [6.07, 6.45) is 4.60. The molecule has 1 saturated heterocycles. The first kappa shape index (κ1) is 10.5. The Hall–Kier alpha value is -1.01. The average Bonchev–Trinajstić information content (AvgIpc) is 2.79. The van der Waals surface area contributed by atoms with Gasteiger partial charge in [0.1, 0.15) is 5.82 Å². The van der Waals surface area contributed by atoms with Crippen LogP contribution < -0.4 is 16.6 Å². The molecule has 1 unspecified atom stereocenters. The summed E-state index contributed by atoms with van der Waals surface area (Å²) in [7, 11) is 0. The quantitative estimate of drug-likeness (QED) is 0.523. The van der Waals surface area contributed by atoms with Gasteiger partial charge in [-0.25, -0.2) is 10.8 Å². The Morgan fingerprint density at radius 2 is 2.33 bits per heavy atom. The van der Waals surface area contributed by atoms with Crippen molar-refractivity contribution in [3.63, 3.8) is 0 Å². The van der Waals surface area contributed by atoms with Gasteiger partial charge in [0.15, 0.2) is 5.82 Å². The lowest BCUT2D eigenvalue weighted by atomic mass is 10.1. The van der Waals surface area contributed by atoms with Crippen molar-refractivity contribution in [3.05, 3.63) is 12.4 Å². The maximum Gasteiger partial charge on any atom is 0.160 e. The van der Waals surface area contributed by atoms with Crippen LogP contribution in [-0.2, 0) is 0 Å². The summed E-state index contributed by atoms with van der Waals surface area (Å²) < 4.78 is 0.